The minimum atomic E-state index is -0.153. The number of piperidine rings is 1. The van der Waals surface area contributed by atoms with E-state index in [4.69, 9.17) is 10.5 Å². The highest BCUT2D eigenvalue weighted by atomic mass is 19.1. The first-order chi connectivity index (χ1) is 9.65. The summed E-state index contributed by atoms with van der Waals surface area (Å²) in [5.74, 6) is -0.153. The number of ether oxygens (including phenoxy) is 1. The minimum Gasteiger partial charge on any atom is -0.377 e. The van der Waals surface area contributed by atoms with E-state index in [1.807, 2.05) is 19.1 Å². The first-order valence-electron chi connectivity index (χ1n) is 7.47. The second-order valence-electron chi connectivity index (χ2n) is 5.47. The number of rotatable bonds is 5. The summed E-state index contributed by atoms with van der Waals surface area (Å²) in [5, 5.41) is 0. The highest BCUT2D eigenvalue weighted by molar-refractivity contribution is 5.26. The van der Waals surface area contributed by atoms with E-state index in [2.05, 4.69) is 4.90 Å². The van der Waals surface area contributed by atoms with Gasteiger partial charge in [-0.05, 0) is 50.4 Å². The second-order valence-corrected chi connectivity index (χ2v) is 5.47. The SMILES string of the molecule is CCOC1CCCN(C(CN)c2ccc(C)c(F)c2)C1. The van der Waals surface area contributed by atoms with Crippen molar-refractivity contribution in [1.82, 2.24) is 4.90 Å². The number of nitrogens with two attached hydrogens (primary N) is 1. The minimum absolute atomic E-state index is 0.0772. The van der Waals surface area contributed by atoms with E-state index in [0.717, 1.165) is 38.1 Å². The van der Waals surface area contributed by atoms with Gasteiger partial charge in [0, 0.05) is 25.7 Å². The monoisotopic (exact) mass is 280 g/mol. The Kier molecular flexibility index (Phi) is 5.52. The number of halogens is 1. The molecule has 1 aromatic carbocycles. The summed E-state index contributed by atoms with van der Waals surface area (Å²) in [6, 6.07) is 5.52. The Hall–Kier alpha value is -0.970. The van der Waals surface area contributed by atoms with E-state index in [0.29, 0.717) is 12.1 Å². The van der Waals surface area contributed by atoms with E-state index < -0.39 is 0 Å². The van der Waals surface area contributed by atoms with Gasteiger partial charge in [0.25, 0.3) is 0 Å². The van der Waals surface area contributed by atoms with Crippen LogP contribution < -0.4 is 5.73 Å². The van der Waals surface area contributed by atoms with Crippen LogP contribution in [-0.2, 0) is 4.74 Å². The number of likely N-dealkylation sites (tertiary alicyclic amines) is 1. The van der Waals surface area contributed by atoms with E-state index in [9.17, 15) is 4.39 Å². The zero-order chi connectivity index (χ0) is 14.5. The van der Waals surface area contributed by atoms with Crippen molar-refractivity contribution < 1.29 is 9.13 Å². The normalized spacial score (nSPS) is 21.9. The van der Waals surface area contributed by atoms with Crippen LogP contribution in [0, 0.1) is 12.7 Å². The van der Waals surface area contributed by atoms with Crippen molar-refractivity contribution in [3.63, 3.8) is 0 Å². The van der Waals surface area contributed by atoms with Crippen LogP contribution in [0.25, 0.3) is 0 Å². The molecule has 1 aromatic rings. The number of nitrogens with zero attached hydrogens (tertiary/aromatic N) is 1. The van der Waals surface area contributed by atoms with Gasteiger partial charge in [0.2, 0.25) is 0 Å². The Bertz CT molecular complexity index is 436. The molecule has 0 aromatic heterocycles. The van der Waals surface area contributed by atoms with Crippen molar-refractivity contribution in [1.29, 1.82) is 0 Å². The average molecular weight is 280 g/mol. The molecule has 20 heavy (non-hydrogen) atoms. The van der Waals surface area contributed by atoms with Gasteiger partial charge in [0.1, 0.15) is 5.82 Å². The van der Waals surface area contributed by atoms with Gasteiger partial charge in [-0.1, -0.05) is 12.1 Å². The smallest absolute Gasteiger partial charge is 0.126 e. The molecule has 2 rings (SSSR count). The molecule has 4 heteroatoms. The predicted molar refractivity (Wildman–Crippen MR) is 79.2 cm³/mol. The lowest BCUT2D eigenvalue weighted by atomic mass is 9.99. The first kappa shape index (κ1) is 15.4. The summed E-state index contributed by atoms with van der Waals surface area (Å²) in [6.07, 6.45) is 2.48. The van der Waals surface area contributed by atoms with Crippen molar-refractivity contribution in [2.24, 2.45) is 5.73 Å². The molecule has 1 heterocycles. The Balaban J connectivity index is 2.12. The lowest BCUT2D eigenvalue weighted by Crippen LogP contribution is -2.44. The Morgan fingerprint density at radius 2 is 2.30 bits per heavy atom. The summed E-state index contributed by atoms with van der Waals surface area (Å²) < 4.78 is 19.5. The molecule has 2 atom stereocenters. The summed E-state index contributed by atoms with van der Waals surface area (Å²) in [6.45, 7) is 6.93. The third-order valence-corrected chi connectivity index (χ3v) is 4.06. The van der Waals surface area contributed by atoms with Crippen LogP contribution in [-0.4, -0.2) is 37.2 Å². The third kappa shape index (κ3) is 3.57. The van der Waals surface area contributed by atoms with E-state index in [-0.39, 0.29) is 18.0 Å². The number of benzene rings is 1. The predicted octanol–water partition coefficient (Wildman–Crippen LogP) is 2.63. The number of hydrogen-bond donors (Lipinski definition) is 1. The fourth-order valence-electron chi connectivity index (χ4n) is 2.93. The molecular formula is C16H25FN2O. The quantitative estimate of drug-likeness (QED) is 0.901. The second kappa shape index (κ2) is 7.16. The van der Waals surface area contributed by atoms with Gasteiger partial charge in [0.15, 0.2) is 0 Å². The zero-order valence-electron chi connectivity index (χ0n) is 12.4. The standard InChI is InChI=1S/C16H25FN2O/c1-3-20-14-5-4-8-19(11-14)16(10-18)13-7-6-12(2)15(17)9-13/h6-7,9,14,16H,3-5,8,10-11,18H2,1-2H3. The molecule has 112 valence electrons. The van der Waals surface area contributed by atoms with Gasteiger partial charge in [-0.2, -0.15) is 0 Å². The maximum absolute atomic E-state index is 13.8. The summed E-state index contributed by atoms with van der Waals surface area (Å²) in [4.78, 5) is 2.33. The molecule has 3 nitrogen and oxygen atoms in total. The van der Waals surface area contributed by atoms with Crippen molar-refractivity contribution in [2.75, 3.05) is 26.2 Å². The van der Waals surface area contributed by atoms with Crippen LogP contribution in [0.15, 0.2) is 18.2 Å². The van der Waals surface area contributed by atoms with Crippen LogP contribution in [0.5, 0.6) is 0 Å². The molecule has 1 aliphatic heterocycles. The molecule has 0 radical (unpaired) electrons. The fraction of sp³-hybridized carbons (Fsp3) is 0.625. The molecule has 1 fully saturated rings. The molecule has 2 N–H and O–H groups in total. The fourth-order valence-corrected chi connectivity index (χ4v) is 2.93. The Labute approximate surface area is 120 Å². The van der Waals surface area contributed by atoms with Crippen molar-refractivity contribution >= 4 is 0 Å². The molecule has 2 unspecified atom stereocenters. The van der Waals surface area contributed by atoms with Gasteiger partial charge in [-0.25, -0.2) is 4.39 Å². The van der Waals surface area contributed by atoms with Crippen LogP contribution in [0.1, 0.15) is 36.9 Å². The molecule has 0 aliphatic carbocycles. The van der Waals surface area contributed by atoms with Crippen molar-refractivity contribution in [3.05, 3.63) is 35.1 Å². The lowest BCUT2D eigenvalue weighted by molar-refractivity contribution is -0.00662. The molecular weight excluding hydrogens is 255 g/mol. The van der Waals surface area contributed by atoms with Crippen molar-refractivity contribution in [2.45, 2.75) is 38.8 Å². The lowest BCUT2D eigenvalue weighted by Gasteiger charge is -2.38. The third-order valence-electron chi connectivity index (χ3n) is 4.06. The largest absolute Gasteiger partial charge is 0.377 e. The van der Waals surface area contributed by atoms with Crippen LogP contribution in [0.3, 0.4) is 0 Å². The highest BCUT2D eigenvalue weighted by Crippen LogP contribution is 2.26. The molecule has 1 saturated heterocycles. The van der Waals surface area contributed by atoms with Crippen LogP contribution >= 0.6 is 0 Å². The maximum atomic E-state index is 13.8. The number of aryl methyl sites for hydroxylation is 1. The topological polar surface area (TPSA) is 38.5 Å². The van der Waals surface area contributed by atoms with E-state index in [1.54, 1.807) is 13.0 Å². The molecule has 0 amide bonds. The van der Waals surface area contributed by atoms with E-state index in [1.165, 1.54) is 0 Å². The maximum Gasteiger partial charge on any atom is 0.126 e. The summed E-state index contributed by atoms with van der Waals surface area (Å²) in [7, 11) is 0. The molecule has 0 bridgehead atoms. The average Bonchev–Trinajstić information content (AvgIpc) is 2.44. The number of hydrogen-bond acceptors (Lipinski definition) is 3. The van der Waals surface area contributed by atoms with Gasteiger partial charge in [-0.3, -0.25) is 4.90 Å². The molecule has 0 saturated carbocycles. The van der Waals surface area contributed by atoms with Gasteiger partial charge in [-0.15, -0.1) is 0 Å². The molecule has 0 spiro atoms. The van der Waals surface area contributed by atoms with Gasteiger partial charge >= 0.3 is 0 Å². The van der Waals surface area contributed by atoms with Crippen LogP contribution in [0.4, 0.5) is 4.39 Å². The van der Waals surface area contributed by atoms with Crippen molar-refractivity contribution in [3.8, 4) is 0 Å². The molecule has 1 aliphatic rings. The van der Waals surface area contributed by atoms with Crippen LogP contribution in [0.2, 0.25) is 0 Å². The first-order valence-corrected chi connectivity index (χ1v) is 7.47. The summed E-state index contributed by atoms with van der Waals surface area (Å²) >= 11 is 0. The Morgan fingerprint density at radius 1 is 1.50 bits per heavy atom. The zero-order valence-corrected chi connectivity index (χ0v) is 12.4. The Morgan fingerprint density at radius 3 is 2.95 bits per heavy atom. The summed E-state index contributed by atoms with van der Waals surface area (Å²) in [5.41, 5.74) is 7.58. The van der Waals surface area contributed by atoms with E-state index >= 15 is 0 Å². The van der Waals surface area contributed by atoms with Gasteiger partial charge in [0.05, 0.1) is 6.10 Å². The highest BCUT2D eigenvalue weighted by Gasteiger charge is 2.26. The van der Waals surface area contributed by atoms with Gasteiger partial charge < -0.3 is 10.5 Å².